The largest absolute Gasteiger partial charge is 0.431 e. The van der Waals surface area contributed by atoms with Gasteiger partial charge in [-0.3, -0.25) is 10.1 Å². The molecule has 0 aliphatic heterocycles. The third-order valence-electron chi connectivity index (χ3n) is 1.57. The SMILES string of the molecule is N#Cc1cc([N+](=O)[O-])cc(OC(F)F)c1F. The fourth-order valence-electron chi connectivity index (χ4n) is 0.952. The summed E-state index contributed by atoms with van der Waals surface area (Å²) < 4.78 is 40.5. The van der Waals surface area contributed by atoms with Gasteiger partial charge in [-0.25, -0.2) is 4.39 Å². The molecule has 0 heterocycles. The van der Waals surface area contributed by atoms with Crippen molar-refractivity contribution in [1.82, 2.24) is 0 Å². The molecule has 0 radical (unpaired) electrons. The Morgan fingerprint density at radius 3 is 2.56 bits per heavy atom. The molecule has 8 heteroatoms. The molecule has 0 bridgehead atoms. The first-order chi connectivity index (χ1) is 7.45. The lowest BCUT2D eigenvalue weighted by Crippen LogP contribution is -2.05. The number of non-ortho nitro benzene ring substituents is 1. The van der Waals surface area contributed by atoms with E-state index in [2.05, 4.69) is 4.74 Å². The van der Waals surface area contributed by atoms with E-state index in [1.165, 1.54) is 6.07 Å². The van der Waals surface area contributed by atoms with E-state index in [1.54, 1.807) is 0 Å². The lowest BCUT2D eigenvalue weighted by Gasteiger charge is -2.05. The summed E-state index contributed by atoms with van der Waals surface area (Å²) in [5.41, 5.74) is -1.43. The van der Waals surface area contributed by atoms with Crippen molar-refractivity contribution in [2.24, 2.45) is 0 Å². The normalized spacial score (nSPS) is 9.94. The van der Waals surface area contributed by atoms with Gasteiger partial charge in [-0.05, 0) is 0 Å². The van der Waals surface area contributed by atoms with Crippen molar-refractivity contribution in [1.29, 1.82) is 5.26 Å². The van der Waals surface area contributed by atoms with Crippen LogP contribution in [0.15, 0.2) is 12.1 Å². The third kappa shape index (κ3) is 2.38. The Labute approximate surface area is 86.8 Å². The Bertz CT molecular complexity index is 470. The van der Waals surface area contributed by atoms with Crippen LogP contribution in [0.4, 0.5) is 18.9 Å². The van der Waals surface area contributed by atoms with Gasteiger partial charge in [0.05, 0.1) is 16.6 Å². The summed E-state index contributed by atoms with van der Waals surface area (Å²) in [5, 5.41) is 18.8. The van der Waals surface area contributed by atoms with Gasteiger partial charge < -0.3 is 4.74 Å². The number of hydrogen-bond donors (Lipinski definition) is 0. The van der Waals surface area contributed by atoms with E-state index < -0.39 is 34.4 Å². The molecule has 0 aliphatic rings. The number of ether oxygens (including phenoxy) is 1. The number of hydrogen-bond acceptors (Lipinski definition) is 4. The molecule has 16 heavy (non-hydrogen) atoms. The molecular weight excluding hydrogens is 229 g/mol. The second kappa shape index (κ2) is 4.48. The predicted molar refractivity (Wildman–Crippen MR) is 44.4 cm³/mol. The molecule has 0 amide bonds. The molecule has 1 aromatic rings. The average molecular weight is 232 g/mol. The zero-order chi connectivity index (χ0) is 12.3. The number of benzene rings is 1. The van der Waals surface area contributed by atoms with Crippen molar-refractivity contribution in [2.75, 3.05) is 0 Å². The molecule has 5 nitrogen and oxygen atoms in total. The Morgan fingerprint density at radius 2 is 2.12 bits per heavy atom. The summed E-state index contributed by atoms with van der Waals surface area (Å²) in [7, 11) is 0. The standard InChI is InChI=1S/C8H3F3N2O3/c9-7-4(3-12)1-5(13(14)15)2-6(7)16-8(10)11/h1-2,8H. The first-order valence-electron chi connectivity index (χ1n) is 3.78. The molecule has 0 aromatic heterocycles. The highest BCUT2D eigenvalue weighted by molar-refractivity contribution is 5.48. The minimum Gasteiger partial charge on any atom is -0.431 e. The molecule has 0 spiro atoms. The van der Waals surface area contributed by atoms with E-state index in [0.717, 1.165) is 0 Å². The van der Waals surface area contributed by atoms with Crippen molar-refractivity contribution in [2.45, 2.75) is 6.61 Å². The summed E-state index contributed by atoms with van der Waals surface area (Å²) in [6.45, 7) is -3.33. The minimum atomic E-state index is -3.33. The molecule has 1 aromatic carbocycles. The Balaban J connectivity index is 3.31. The average Bonchev–Trinajstić information content (AvgIpc) is 2.20. The maximum atomic E-state index is 13.2. The van der Waals surface area contributed by atoms with Gasteiger partial charge in [0.25, 0.3) is 5.69 Å². The van der Waals surface area contributed by atoms with Crippen molar-refractivity contribution in [3.8, 4) is 11.8 Å². The van der Waals surface area contributed by atoms with Crippen LogP contribution in [0.25, 0.3) is 0 Å². The Hall–Kier alpha value is -2.30. The third-order valence-corrected chi connectivity index (χ3v) is 1.57. The van der Waals surface area contributed by atoms with E-state index in [9.17, 15) is 23.3 Å². The number of halogens is 3. The molecule has 0 atom stereocenters. The lowest BCUT2D eigenvalue weighted by molar-refractivity contribution is -0.385. The number of rotatable bonds is 3. The van der Waals surface area contributed by atoms with Gasteiger partial charge in [-0.1, -0.05) is 0 Å². The lowest BCUT2D eigenvalue weighted by atomic mass is 10.2. The highest BCUT2D eigenvalue weighted by atomic mass is 19.3. The van der Waals surface area contributed by atoms with Gasteiger partial charge in [0.2, 0.25) is 0 Å². The highest BCUT2D eigenvalue weighted by Crippen LogP contribution is 2.28. The smallest absolute Gasteiger partial charge is 0.387 e. The number of nitro benzene ring substituents is 1. The van der Waals surface area contributed by atoms with Crippen LogP contribution in [0.5, 0.6) is 5.75 Å². The maximum absolute atomic E-state index is 13.2. The fourth-order valence-corrected chi connectivity index (χ4v) is 0.952. The van der Waals surface area contributed by atoms with E-state index in [1.807, 2.05) is 0 Å². The molecule has 0 N–H and O–H groups in total. The predicted octanol–water partition coefficient (Wildman–Crippen LogP) is 2.21. The molecule has 84 valence electrons. The van der Waals surface area contributed by atoms with Gasteiger partial charge >= 0.3 is 6.61 Å². The van der Waals surface area contributed by atoms with E-state index >= 15 is 0 Å². The fraction of sp³-hybridized carbons (Fsp3) is 0.125. The quantitative estimate of drug-likeness (QED) is 0.591. The van der Waals surface area contributed by atoms with Gasteiger partial charge in [-0.15, -0.1) is 0 Å². The summed E-state index contributed by atoms with van der Waals surface area (Å²) in [4.78, 5) is 9.40. The van der Waals surface area contributed by atoms with Crippen LogP contribution in [0.3, 0.4) is 0 Å². The van der Waals surface area contributed by atoms with Gasteiger partial charge in [-0.2, -0.15) is 14.0 Å². The summed E-state index contributed by atoms with van der Waals surface area (Å²) >= 11 is 0. The van der Waals surface area contributed by atoms with Crippen molar-refractivity contribution >= 4 is 5.69 Å². The van der Waals surface area contributed by atoms with E-state index in [0.29, 0.717) is 12.1 Å². The first kappa shape index (κ1) is 11.8. The van der Waals surface area contributed by atoms with Crippen molar-refractivity contribution < 1.29 is 22.8 Å². The number of nitriles is 1. The molecule has 0 saturated heterocycles. The van der Waals surface area contributed by atoms with E-state index in [-0.39, 0.29) is 0 Å². The van der Waals surface area contributed by atoms with Crippen LogP contribution >= 0.6 is 0 Å². The molecule has 0 unspecified atom stereocenters. The maximum Gasteiger partial charge on any atom is 0.387 e. The Kier molecular flexibility index (Phi) is 3.30. The molecule has 0 saturated carbocycles. The van der Waals surface area contributed by atoms with Gasteiger partial charge in [0.15, 0.2) is 11.6 Å². The molecule has 0 fully saturated rings. The molecule has 1 rings (SSSR count). The molecular formula is C8H3F3N2O3. The number of nitro groups is 1. The van der Waals surface area contributed by atoms with Crippen molar-refractivity contribution in [3.05, 3.63) is 33.6 Å². The zero-order valence-electron chi connectivity index (χ0n) is 7.49. The first-order valence-corrected chi connectivity index (χ1v) is 3.78. The summed E-state index contributed by atoms with van der Waals surface area (Å²) in [6.07, 6.45) is 0. The second-order valence-electron chi connectivity index (χ2n) is 2.55. The van der Waals surface area contributed by atoms with Crippen LogP contribution in [0, 0.1) is 27.3 Å². The monoisotopic (exact) mass is 232 g/mol. The minimum absolute atomic E-state index is 0.488. The van der Waals surface area contributed by atoms with Crippen LogP contribution in [-0.4, -0.2) is 11.5 Å². The van der Waals surface area contributed by atoms with Crippen molar-refractivity contribution in [3.63, 3.8) is 0 Å². The van der Waals surface area contributed by atoms with Crippen LogP contribution in [0.1, 0.15) is 5.56 Å². The molecule has 0 aliphatic carbocycles. The van der Waals surface area contributed by atoms with Crippen LogP contribution in [0.2, 0.25) is 0 Å². The number of alkyl halides is 2. The highest BCUT2D eigenvalue weighted by Gasteiger charge is 2.20. The number of nitrogens with zero attached hydrogens (tertiary/aromatic N) is 2. The van der Waals surface area contributed by atoms with Gasteiger partial charge in [0, 0.05) is 6.07 Å². The zero-order valence-corrected chi connectivity index (χ0v) is 7.49. The second-order valence-corrected chi connectivity index (χ2v) is 2.55. The van der Waals surface area contributed by atoms with Crippen LogP contribution < -0.4 is 4.74 Å². The summed E-state index contributed by atoms with van der Waals surface area (Å²) in [5.74, 6) is -2.38. The Morgan fingerprint density at radius 1 is 1.50 bits per heavy atom. The topological polar surface area (TPSA) is 76.2 Å². The summed E-state index contributed by atoms with van der Waals surface area (Å²) in [6, 6.07) is 2.42. The van der Waals surface area contributed by atoms with Crippen LogP contribution in [-0.2, 0) is 0 Å². The van der Waals surface area contributed by atoms with E-state index in [4.69, 9.17) is 5.26 Å². The van der Waals surface area contributed by atoms with Gasteiger partial charge in [0.1, 0.15) is 6.07 Å².